The topological polar surface area (TPSA) is 3.24 Å². The summed E-state index contributed by atoms with van der Waals surface area (Å²) in [5.41, 5.74) is 0. The zero-order valence-corrected chi connectivity index (χ0v) is 19.1. The number of hydrogen-bond acceptors (Lipinski definition) is 1. The molecule has 0 bridgehead atoms. The van der Waals surface area contributed by atoms with Gasteiger partial charge in [0.15, 0.2) is 0 Å². The molecule has 0 amide bonds. The van der Waals surface area contributed by atoms with Gasteiger partial charge in [0.05, 0.1) is 0 Å². The van der Waals surface area contributed by atoms with Crippen LogP contribution in [0.25, 0.3) is 0 Å². The molecule has 0 heterocycles. The van der Waals surface area contributed by atoms with E-state index in [0.29, 0.717) is 15.1 Å². The molecular formula is C18H42NSi2. The van der Waals surface area contributed by atoms with Crippen LogP contribution in [-0.4, -0.2) is 28.0 Å². The van der Waals surface area contributed by atoms with Crippen LogP contribution in [0.1, 0.15) is 82.1 Å². The lowest BCUT2D eigenvalue weighted by Crippen LogP contribution is -2.72. The highest BCUT2D eigenvalue weighted by Gasteiger charge is 2.63. The molecule has 0 fully saturated rings. The van der Waals surface area contributed by atoms with Crippen molar-refractivity contribution < 1.29 is 0 Å². The first-order valence-electron chi connectivity index (χ1n) is 8.72. The number of hydrogen-bond donors (Lipinski definition) is 0. The summed E-state index contributed by atoms with van der Waals surface area (Å²) in [6.07, 6.45) is 2.64. The van der Waals surface area contributed by atoms with E-state index in [1.54, 1.807) is 0 Å². The van der Waals surface area contributed by atoms with Gasteiger partial charge in [0.2, 0.25) is 0 Å². The third-order valence-electron chi connectivity index (χ3n) is 4.94. The quantitative estimate of drug-likeness (QED) is 0.508. The summed E-state index contributed by atoms with van der Waals surface area (Å²) in [5.74, 6) is 0. The van der Waals surface area contributed by atoms with Crippen molar-refractivity contribution >= 4 is 17.2 Å². The van der Waals surface area contributed by atoms with Gasteiger partial charge in [-0.25, -0.2) is 0 Å². The van der Waals surface area contributed by atoms with Crippen molar-refractivity contribution in [1.29, 1.82) is 0 Å². The fraction of sp³-hybridized carbons (Fsp3) is 1.00. The maximum Gasteiger partial charge on any atom is 0.138 e. The minimum atomic E-state index is -1.75. The number of nitrogens with zero attached hydrogens (tertiary/aromatic N) is 1. The minimum Gasteiger partial charge on any atom is -0.345 e. The fourth-order valence-electron chi connectivity index (χ4n) is 5.63. The molecule has 0 aromatic carbocycles. The number of unbranched alkanes of at least 4 members (excludes halogenated alkanes) is 1. The molecule has 0 unspecified atom stereocenters. The van der Waals surface area contributed by atoms with Crippen LogP contribution < -0.4 is 0 Å². The van der Waals surface area contributed by atoms with Gasteiger partial charge in [-0.15, -0.1) is 0 Å². The Kier molecular flexibility index (Phi) is 7.01. The largest absolute Gasteiger partial charge is 0.345 e. The van der Waals surface area contributed by atoms with Crippen LogP contribution in [0, 0.1) is 0 Å². The van der Waals surface area contributed by atoms with Crippen LogP contribution in [0.15, 0.2) is 0 Å². The van der Waals surface area contributed by atoms with Gasteiger partial charge in [-0.1, -0.05) is 88.8 Å². The highest BCUT2D eigenvalue weighted by Crippen LogP contribution is 2.63. The summed E-state index contributed by atoms with van der Waals surface area (Å²) in [7, 11) is -2.21. The van der Waals surface area contributed by atoms with E-state index in [9.17, 15) is 0 Å². The lowest BCUT2D eigenvalue weighted by molar-refractivity contribution is 0.424. The Morgan fingerprint density at radius 3 is 1.29 bits per heavy atom. The molecule has 0 N–H and O–H groups in total. The van der Waals surface area contributed by atoms with Gasteiger partial charge in [-0.05, 0) is 28.1 Å². The monoisotopic (exact) mass is 328 g/mol. The highest BCUT2D eigenvalue weighted by molar-refractivity contribution is 6.91. The van der Waals surface area contributed by atoms with Gasteiger partial charge < -0.3 is 4.23 Å². The second-order valence-electron chi connectivity index (χ2n) is 9.91. The Morgan fingerprint density at radius 1 is 0.762 bits per heavy atom. The Balaban J connectivity index is 6.35. The standard InChI is InChI=1S/C18H42NSi2/c1-13-14-15-19(20(11)12)21(16(2,3)4,17(5,6)7)18(8,9)10/h13-15H2,1-12H3. The van der Waals surface area contributed by atoms with Crippen LogP contribution in [0.3, 0.4) is 0 Å². The van der Waals surface area contributed by atoms with Gasteiger partial charge >= 0.3 is 0 Å². The lowest BCUT2D eigenvalue weighted by atomic mass is 10.2. The first kappa shape index (κ1) is 21.4. The Labute approximate surface area is 138 Å². The summed E-state index contributed by atoms with van der Waals surface area (Å²) >= 11 is 0. The zero-order chi connectivity index (χ0) is 17.3. The molecule has 0 aromatic rings. The van der Waals surface area contributed by atoms with Crippen molar-refractivity contribution in [2.45, 2.75) is 110 Å². The smallest absolute Gasteiger partial charge is 0.138 e. The second kappa shape index (κ2) is 6.88. The fourth-order valence-corrected chi connectivity index (χ4v) is 21.6. The normalized spacial score (nSPS) is 15.1. The molecular weight excluding hydrogens is 286 g/mol. The van der Waals surface area contributed by atoms with Crippen molar-refractivity contribution in [3.8, 4) is 0 Å². The first-order valence-corrected chi connectivity index (χ1v) is 13.1. The third-order valence-corrected chi connectivity index (χ3v) is 16.1. The van der Waals surface area contributed by atoms with Crippen LogP contribution in [0.4, 0.5) is 0 Å². The maximum atomic E-state index is 3.06. The Bertz CT molecular complexity index is 280. The summed E-state index contributed by atoms with van der Waals surface area (Å²) in [6.45, 7) is 31.3. The summed E-state index contributed by atoms with van der Waals surface area (Å²) < 4.78 is 3.06. The average molecular weight is 329 g/mol. The van der Waals surface area contributed by atoms with Crippen molar-refractivity contribution in [2.24, 2.45) is 0 Å². The van der Waals surface area contributed by atoms with E-state index in [-0.39, 0.29) is 0 Å². The molecule has 21 heavy (non-hydrogen) atoms. The van der Waals surface area contributed by atoms with E-state index in [2.05, 4.69) is 86.6 Å². The van der Waals surface area contributed by atoms with Crippen molar-refractivity contribution in [1.82, 2.24) is 4.23 Å². The molecule has 127 valence electrons. The van der Waals surface area contributed by atoms with Gasteiger partial charge in [0, 0.05) is 0 Å². The molecule has 0 aliphatic rings. The summed E-state index contributed by atoms with van der Waals surface area (Å²) in [4.78, 5) is 0. The minimum absolute atomic E-state index is 0.374. The summed E-state index contributed by atoms with van der Waals surface area (Å²) in [5, 5.41) is 1.12. The molecule has 0 aromatic heterocycles. The molecule has 0 atom stereocenters. The SMILES string of the molecule is CCCCN([Si](C)C)[Si](C(C)(C)C)(C(C)(C)C)C(C)(C)C. The number of rotatable bonds is 5. The summed E-state index contributed by atoms with van der Waals surface area (Å²) in [6, 6.07) is 0. The van der Waals surface area contributed by atoms with Gasteiger partial charge in [-0.3, -0.25) is 0 Å². The molecule has 1 radical (unpaired) electrons. The molecule has 0 rings (SSSR count). The van der Waals surface area contributed by atoms with E-state index in [4.69, 9.17) is 0 Å². The van der Waals surface area contributed by atoms with Gasteiger partial charge in [0.25, 0.3) is 0 Å². The highest BCUT2D eigenvalue weighted by atomic mass is 28.4. The maximum absolute atomic E-state index is 3.06. The Hall–Kier alpha value is 0.394. The second-order valence-corrected chi connectivity index (χ2v) is 19.3. The first-order chi connectivity index (χ1) is 9.14. The van der Waals surface area contributed by atoms with Gasteiger partial charge in [0.1, 0.15) is 17.2 Å². The van der Waals surface area contributed by atoms with Crippen LogP contribution in [0.5, 0.6) is 0 Å². The molecule has 0 saturated carbocycles. The molecule has 0 spiro atoms. The van der Waals surface area contributed by atoms with E-state index in [1.807, 2.05) is 0 Å². The third kappa shape index (κ3) is 4.03. The molecule has 0 aliphatic heterocycles. The molecule has 3 heteroatoms. The lowest BCUT2D eigenvalue weighted by Gasteiger charge is -2.65. The van der Waals surface area contributed by atoms with Crippen molar-refractivity contribution in [3.63, 3.8) is 0 Å². The van der Waals surface area contributed by atoms with E-state index < -0.39 is 17.2 Å². The van der Waals surface area contributed by atoms with Gasteiger partial charge in [-0.2, -0.15) is 0 Å². The molecule has 0 aliphatic carbocycles. The average Bonchev–Trinajstić information content (AvgIpc) is 2.17. The molecule has 0 saturated heterocycles. The van der Waals surface area contributed by atoms with Crippen molar-refractivity contribution in [2.75, 3.05) is 6.54 Å². The van der Waals surface area contributed by atoms with E-state index in [0.717, 1.165) is 0 Å². The van der Waals surface area contributed by atoms with E-state index >= 15 is 0 Å². The predicted molar refractivity (Wildman–Crippen MR) is 104 cm³/mol. The van der Waals surface area contributed by atoms with E-state index in [1.165, 1.54) is 19.4 Å². The molecule has 1 nitrogen and oxygen atoms in total. The van der Waals surface area contributed by atoms with Crippen LogP contribution >= 0.6 is 0 Å². The zero-order valence-electron chi connectivity index (χ0n) is 17.1. The Morgan fingerprint density at radius 2 is 1.10 bits per heavy atom. The van der Waals surface area contributed by atoms with Crippen LogP contribution in [-0.2, 0) is 0 Å². The van der Waals surface area contributed by atoms with Crippen LogP contribution in [0.2, 0.25) is 28.2 Å². The van der Waals surface area contributed by atoms with Crippen molar-refractivity contribution in [3.05, 3.63) is 0 Å². The predicted octanol–water partition coefficient (Wildman–Crippen LogP) is 6.69.